The fourth-order valence-electron chi connectivity index (χ4n) is 1.93. The lowest BCUT2D eigenvalue weighted by molar-refractivity contribution is -0.385. The largest absolute Gasteiger partial charge is 0.465 e. The maximum absolute atomic E-state index is 11.6. The molecule has 0 bridgehead atoms. The summed E-state index contributed by atoms with van der Waals surface area (Å²) in [6.07, 6.45) is 0. The first-order valence-electron chi connectivity index (χ1n) is 5.48. The van der Waals surface area contributed by atoms with Gasteiger partial charge >= 0.3 is 11.7 Å². The van der Waals surface area contributed by atoms with Crippen molar-refractivity contribution in [3.63, 3.8) is 0 Å². The molecule has 2 aromatic rings. The molecule has 0 atom stereocenters. The Morgan fingerprint density at radius 3 is 2.74 bits per heavy atom. The number of nitro groups is 1. The summed E-state index contributed by atoms with van der Waals surface area (Å²) in [7, 11) is 1.14. The van der Waals surface area contributed by atoms with Gasteiger partial charge < -0.3 is 9.72 Å². The molecule has 19 heavy (non-hydrogen) atoms. The topological polar surface area (TPSA) is 107 Å². The molecule has 0 amide bonds. The summed E-state index contributed by atoms with van der Waals surface area (Å²) >= 11 is 0. The first-order chi connectivity index (χ1) is 8.99. The van der Waals surface area contributed by atoms with Gasteiger partial charge in [0.15, 0.2) is 0 Å². The van der Waals surface area contributed by atoms with Gasteiger partial charge in [-0.25, -0.2) is 9.59 Å². The number of hydrogen-bond acceptors (Lipinski definition) is 5. The van der Waals surface area contributed by atoms with Crippen LogP contribution < -0.4 is 5.69 Å². The molecule has 0 spiro atoms. The van der Waals surface area contributed by atoms with E-state index in [4.69, 9.17) is 0 Å². The predicted octanol–water partition coefficient (Wildman–Crippen LogP) is 1.04. The van der Waals surface area contributed by atoms with Crippen molar-refractivity contribution in [2.24, 2.45) is 0 Å². The lowest BCUT2D eigenvalue weighted by Crippen LogP contribution is -2.15. The molecule has 0 saturated heterocycles. The van der Waals surface area contributed by atoms with Gasteiger partial charge in [0.1, 0.15) is 5.56 Å². The zero-order valence-corrected chi connectivity index (χ0v) is 10.3. The molecule has 1 aromatic carbocycles. The van der Waals surface area contributed by atoms with Gasteiger partial charge in [0, 0.05) is 12.6 Å². The van der Waals surface area contributed by atoms with E-state index in [0.29, 0.717) is 17.6 Å². The van der Waals surface area contributed by atoms with E-state index < -0.39 is 10.9 Å². The Morgan fingerprint density at radius 2 is 2.21 bits per heavy atom. The Hall–Kier alpha value is -2.64. The van der Waals surface area contributed by atoms with Gasteiger partial charge in [-0.05, 0) is 13.0 Å². The fraction of sp³-hybridized carbons (Fsp3) is 0.273. The molecule has 8 nitrogen and oxygen atoms in total. The quantitative estimate of drug-likeness (QED) is 0.507. The molecule has 0 radical (unpaired) electrons. The molecule has 0 aliphatic carbocycles. The molecule has 0 aliphatic heterocycles. The highest BCUT2D eigenvalue weighted by atomic mass is 16.6. The molecular weight excluding hydrogens is 254 g/mol. The van der Waals surface area contributed by atoms with Gasteiger partial charge in [-0.3, -0.25) is 14.7 Å². The van der Waals surface area contributed by atoms with Crippen molar-refractivity contribution in [2.75, 3.05) is 7.11 Å². The summed E-state index contributed by atoms with van der Waals surface area (Å²) in [5, 5.41) is 11.0. The standard InChI is InChI=1S/C11H11N3O5/c1-3-13-9-5-8(14(17)18)6(10(15)19-2)4-7(9)12-11(13)16/h4-5H,3H2,1-2H3,(H,12,16). The predicted molar refractivity (Wildman–Crippen MR) is 66.2 cm³/mol. The van der Waals surface area contributed by atoms with Crippen molar-refractivity contribution < 1.29 is 14.5 Å². The van der Waals surface area contributed by atoms with E-state index in [2.05, 4.69) is 9.72 Å². The van der Waals surface area contributed by atoms with E-state index in [0.717, 1.165) is 7.11 Å². The number of nitro benzene ring substituents is 1. The monoisotopic (exact) mass is 265 g/mol. The second-order valence-corrected chi connectivity index (χ2v) is 3.81. The smallest absolute Gasteiger partial charge is 0.344 e. The molecular formula is C11H11N3O5. The third kappa shape index (κ3) is 1.96. The first kappa shape index (κ1) is 12.8. The lowest BCUT2D eigenvalue weighted by atomic mass is 10.1. The number of aromatic amines is 1. The Balaban J connectivity index is 2.84. The normalized spacial score (nSPS) is 10.6. The minimum atomic E-state index is -0.821. The molecule has 0 saturated carbocycles. The third-order valence-electron chi connectivity index (χ3n) is 2.81. The van der Waals surface area contributed by atoms with E-state index >= 15 is 0 Å². The third-order valence-corrected chi connectivity index (χ3v) is 2.81. The van der Waals surface area contributed by atoms with Gasteiger partial charge in [-0.2, -0.15) is 0 Å². The highest BCUT2D eigenvalue weighted by molar-refractivity contribution is 5.98. The number of fused-ring (bicyclic) bond motifs is 1. The summed E-state index contributed by atoms with van der Waals surface area (Å²) in [6, 6.07) is 2.45. The number of imidazole rings is 1. The maximum Gasteiger partial charge on any atom is 0.344 e. The number of carbonyl (C=O) groups excluding carboxylic acids is 1. The molecule has 0 unspecified atom stereocenters. The average Bonchev–Trinajstić information content (AvgIpc) is 2.70. The number of esters is 1. The van der Waals surface area contributed by atoms with E-state index in [1.807, 2.05) is 0 Å². The highest BCUT2D eigenvalue weighted by Crippen LogP contribution is 2.25. The summed E-state index contributed by atoms with van der Waals surface area (Å²) in [5.41, 5.74) is -0.219. The first-order valence-corrected chi connectivity index (χ1v) is 5.48. The van der Waals surface area contributed by atoms with Crippen LogP contribution in [0, 0.1) is 10.1 Å². The number of methoxy groups -OCH3 is 1. The minimum Gasteiger partial charge on any atom is -0.465 e. The number of aryl methyl sites for hydroxylation is 1. The van der Waals surface area contributed by atoms with Gasteiger partial charge in [-0.15, -0.1) is 0 Å². The Kier molecular flexibility index (Phi) is 3.07. The van der Waals surface area contributed by atoms with Crippen molar-refractivity contribution in [1.29, 1.82) is 0 Å². The molecule has 100 valence electrons. The Bertz CT molecular complexity index is 728. The van der Waals surface area contributed by atoms with Crippen LogP contribution in [-0.2, 0) is 11.3 Å². The van der Waals surface area contributed by atoms with Crippen molar-refractivity contribution in [1.82, 2.24) is 9.55 Å². The number of nitrogens with one attached hydrogen (secondary N) is 1. The van der Waals surface area contributed by atoms with Crippen molar-refractivity contribution in [3.8, 4) is 0 Å². The number of H-pyrrole nitrogens is 1. The molecule has 0 fully saturated rings. The molecule has 1 heterocycles. The second-order valence-electron chi connectivity index (χ2n) is 3.81. The number of benzene rings is 1. The SMILES string of the molecule is CCn1c(=O)[nH]c2cc(C(=O)OC)c([N+](=O)[O-])cc21. The molecule has 8 heteroatoms. The number of rotatable bonds is 3. The fourth-order valence-corrected chi connectivity index (χ4v) is 1.93. The van der Waals surface area contributed by atoms with Gasteiger partial charge in [0.05, 0.1) is 23.1 Å². The van der Waals surface area contributed by atoms with Crippen molar-refractivity contribution in [2.45, 2.75) is 13.5 Å². The van der Waals surface area contributed by atoms with Crippen LogP contribution in [0.1, 0.15) is 17.3 Å². The summed E-state index contributed by atoms with van der Waals surface area (Å²) < 4.78 is 5.85. The van der Waals surface area contributed by atoms with Crippen LogP contribution in [-0.4, -0.2) is 27.6 Å². The van der Waals surface area contributed by atoms with Crippen LogP contribution in [0.25, 0.3) is 11.0 Å². The van der Waals surface area contributed by atoms with Crippen LogP contribution in [0.3, 0.4) is 0 Å². The Labute approximate surface area is 106 Å². The average molecular weight is 265 g/mol. The van der Waals surface area contributed by atoms with E-state index in [1.54, 1.807) is 6.92 Å². The zero-order chi connectivity index (χ0) is 14.2. The number of aromatic nitrogens is 2. The van der Waals surface area contributed by atoms with Crippen LogP contribution >= 0.6 is 0 Å². The number of hydrogen-bond donors (Lipinski definition) is 1. The number of ether oxygens (including phenoxy) is 1. The summed E-state index contributed by atoms with van der Waals surface area (Å²) in [4.78, 5) is 36.0. The summed E-state index contributed by atoms with van der Waals surface area (Å²) in [6.45, 7) is 2.11. The number of carbonyl (C=O) groups is 1. The van der Waals surface area contributed by atoms with Crippen LogP contribution in [0.5, 0.6) is 0 Å². The summed E-state index contributed by atoms with van der Waals surface area (Å²) in [5.74, 6) is -0.821. The van der Waals surface area contributed by atoms with E-state index in [9.17, 15) is 19.7 Å². The van der Waals surface area contributed by atoms with Gasteiger partial charge in [0.25, 0.3) is 5.69 Å². The maximum atomic E-state index is 11.6. The molecule has 1 aromatic heterocycles. The van der Waals surface area contributed by atoms with Crippen molar-refractivity contribution in [3.05, 3.63) is 38.3 Å². The van der Waals surface area contributed by atoms with Gasteiger partial charge in [-0.1, -0.05) is 0 Å². The second kappa shape index (κ2) is 4.56. The molecule has 1 N–H and O–H groups in total. The van der Waals surface area contributed by atoms with Crippen LogP contribution in [0.2, 0.25) is 0 Å². The van der Waals surface area contributed by atoms with Crippen molar-refractivity contribution >= 4 is 22.7 Å². The van der Waals surface area contributed by atoms with Crippen LogP contribution in [0.15, 0.2) is 16.9 Å². The highest BCUT2D eigenvalue weighted by Gasteiger charge is 2.23. The van der Waals surface area contributed by atoms with Crippen LogP contribution in [0.4, 0.5) is 5.69 Å². The Morgan fingerprint density at radius 1 is 1.53 bits per heavy atom. The molecule has 0 aliphatic rings. The van der Waals surface area contributed by atoms with E-state index in [-0.39, 0.29) is 16.9 Å². The minimum absolute atomic E-state index is 0.190. The number of nitrogens with zero attached hydrogens (tertiary/aromatic N) is 2. The zero-order valence-electron chi connectivity index (χ0n) is 10.3. The van der Waals surface area contributed by atoms with Gasteiger partial charge in [0.2, 0.25) is 0 Å². The lowest BCUT2D eigenvalue weighted by Gasteiger charge is -2.03. The molecule has 2 rings (SSSR count). The van der Waals surface area contributed by atoms with E-state index in [1.165, 1.54) is 16.7 Å².